The topological polar surface area (TPSA) is 18.8 Å². The molecule has 3 nitrogen and oxygen atoms in total. The lowest BCUT2D eigenvalue weighted by Crippen LogP contribution is -2.21. The van der Waals surface area contributed by atoms with Crippen molar-refractivity contribution in [3.8, 4) is 0 Å². The number of fused-ring (bicyclic) bond motifs is 1. The first-order chi connectivity index (χ1) is 14.7. The number of anilines is 2. The number of benzene rings is 4. The van der Waals surface area contributed by atoms with Crippen molar-refractivity contribution < 1.29 is 0 Å². The quantitative estimate of drug-likeness (QED) is 0.409. The molecule has 1 aliphatic rings. The molecule has 0 fully saturated rings. The Kier molecular flexibility index (Phi) is 4.72. The number of para-hydroxylation sites is 2. The molecule has 30 heavy (non-hydrogen) atoms. The van der Waals surface area contributed by atoms with Crippen molar-refractivity contribution in [2.75, 3.05) is 24.0 Å². The first kappa shape index (κ1) is 18.4. The zero-order valence-corrected chi connectivity index (χ0v) is 17.4. The molecule has 1 atom stereocenters. The summed E-state index contributed by atoms with van der Waals surface area (Å²) in [6, 6.07) is 34.4. The molecule has 4 aromatic rings. The Balaban J connectivity index is 1.65. The lowest BCUT2D eigenvalue weighted by molar-refractivity contribution is 0.707. The van der Waals surface area contributed by atoms with Gasteiger partial charge in [-0.15, -0.1) is 0 Å². The summed E-state index contributed by atoms with van der Waals surface area (Å²) in [4.78, 5) is 2.19. The molecule has 0 amide bonds. The van der Waals surface area contributed by atoms with Crippen LogP contribution in [0.2, 0.25) is 0 Å². The summed E-state index contributed by atoms with van der Waals surface area (Å²) in [5.74, 6) is 0. The van der Waals surface area contributed by atoms with Crippen molar-refractivity contribution in [3.05, 3.63) is 108 Å². The minimum atomic E-state index is 0.153. The summed E-state index contributed by atoms with van der Waals surface area (Å²) in [5.41, 5.74) is 6.00. The smallest absolute Gasteiger partial charge is 0.0851 e. The van der Waals surface area contributed by atoms with Gasteiger partial charge in [-0.05, 0) is 29.0 Å². The van der Waals surface area contributed by atoms with Gasteiger partial charge >= 0.3 is 0 Å². The van der Waals surface area contributed by atoms with Crippen LogP contribution >= 0.6 is 0 Å². The van der Waals surface area contributed by atoms with Crippen LogP contribution < -0.4 is 9.91 Å². The third-order valence-corrected chi connectivity index (χ3v) is 5.81. The summed E-state index contributed by atoms with van der Waals surface area (Å²) in [6.07, 6.45) is 0.869. The van der Waals surface area contributed by atoms with E-state index in [1.807, 2.05) is 0 Å². The molecule has 0 N–H and O–H groups in total. The van der Waals surface area contributed by atoms with Crippen LogP contribution in [-0.4, -0.2) is 19.8 Å². The molecule has 0 saturated carbocycles. The van der Waals surface area contributed by atoms with Crippen molar-refractivity contribution in [2.24, 2.45) is 5.10 Å². The number of nitrogens with zero attached hydrogens (tertiary/aromatic N) is 3. The van der Waals surface area contributed by atoms with Crippen molar-refractivity contribution in [1.29, 1.82) is 0 Å². The average molecular weight is 392 g/mol. The van der Waals surface area contributed by atoms with Crippen LogP contribution in [0, 0.1) is 0 Å². The fourth-order valence-corrected chi connectivity index (χ4v) is 4.39. The Hall–Kier alpha value is -3.59. The van der Waals surface area contributed by atoms with Crippen molar-refractivity contribution >= 4 is 27.9 Å². The molecule has 3 heteroatoms. The highest BCUT2D eigenvalue weighted by atomic mass is 15.5. The van der Waals surface area contributed by atoms with E-state index >= 15 is 0 Å². The molecule has 4 aromatic carbocycles. The second kappa shape index (κ2) is 7.68. The molecule has 1 aliphatic heterocycles. The third kappa shape index (κ3) is 3.22. The zero-order valence-electron chi connectivity index (χ0n) is 17.4. The SMILES string of the molecule is CN(C)c1ccccc1C1CC(c2cccc3ccccc23)=NN1c1ccccc1. The Morgan fingerprint density at radius 3 is 2.30 bits per heavy atom. The van der Waals surface area contributed by atoms with Gasteiger partial charge in [-0.3, -0.25) is 5.01 Å². The van der Waals surface area contributed by atoms with E-state index in [1.54, 1.807) is 0 Å². The van der Waals surface area contributed by atoms with E-state index in [0.29, 0.717) is 0 Å². The van der Waals surface area contributed by atoms with Crippen molar-refractivity contribution in [2.45, 2.75) is 12.5 Å². The Morgan fingerprint density at radius 2 is 1.47 bits per heavy atom. The number of hydrogen-bond acceptors (Lipinski definition) is 3. The summed E-state index contributed by atoms with van der Waals surface area (Å²) >= 11 is 0. The number of rotatable bonds is 4. The van der Waals surface area contributed by atoms with Crippen molar-refractivity contribution in [1.82, 2.24) is 0 Å². The van der Waals surface area contributed by atoms with E-state index < -0.39 is 0 Å². The molecule has 0 saturated heterocycles. The summed E-state index contributed by atoms with van der Waals surface area (Å²) in [6.45, 7) is 0. The Labute approximate surface area is 177 Å². The highest BCUT2D eigenvalue weighted by Crippen LogP contribution is 2.40. The molecule has 0 radical (unpaired) electrons. The maximum atomic E-state index is 5.17. The molecule has 148 valence electrons. The monoisotopic (exact) mass is 391 g/mol. The predicted molar refractivity (Wildman–Crippen MR) is 128 cm³/mol. The molecule has 0 bridgehead atoms. The number of hydrogen-bond donors (Lipinski definition) is 0. The highest BCUT2D eigenvalue weighted by molar-refractivity contribution is 6.12. The standard InChI is InChI=1S/C27H25N3/c1-29(2)26-18-9-8-16-24(26)27-19-25(28-30(27)21-13-4-3-5-14-21)23-17-10-12-20-11-6-7-15-22(20)23/h3-18,27H,19H2,1-2H3. The van der Waals surface area contributed by atoms with Crippen LogP contribution in [0.3, 0.4) is 0 Å². The second-order valence-electron chi connectivity index (χ2n) is 7.93. The molecule has 5 rings (SSSR count). The van der Waals surface area contributed by atoms with Crippen molar-refractivity contribution in [3.63, 3.8) is 0 Å². The van der Waals surface area contributed by atoms with E-state index in [0.717, 1.165) is 17.8 Å². The minimum Gasteiger partial charge on any atom is -0.377 e. The van der Waals surface area contributed by atoms with E-state index in [-0.39, 0.29) is 6.04 Å². The normalized spacial score (nSPS) is 16.0. The summed E-state index contributed by atoms with van der Waals surface area (Å²) in [5, 5.41) is 9.87. The van der Waals surface area contributed by atoms with Gasteiger partial charge in [-0.25, -0.2) is 0 Å². The maximum Gasteiger partial charge on any atom is 0.0851 e. The zero-order chi connectivity index (χ0) is 20.5. The molecular formula is C27H25N3. The lowest BCUT2D eigenvalue weighted by atomic mass is 9.94. The first-order valence-electron chi connectivity index (χ1n) is 10.4. The fraction of sp³-hybridized carbons (Fsp3) is 0.148. The van der Waals surface area contributed by atoms with E-state index in [9.17, 15) is 0 Å². The summed E-state index contributed by atoms with van der Waals surface area (Å²) in [7, 11) is 4.21. The van der Waals surface area contributed by atoms with Gasteiger partial charge in [0.25, 0.3) is 0 Å². The van der Waals surface area contributed by atoms with Gasteiger partial charge in [0.2, 0.25) is 0 Å². The van der Waals surface area contributed by atoms with Gasteiger partial charge < -0.3 is 4.90 Å². The first-order valence-corrected chi connectivity index (χ1v) is 10.4. The molecule has 0 aliphatic carbocycles. The Morgan fingerprint density at radius 1 is 0.767 bits per heavy atom. The summed E-state index contributed by atoms with van der Waals surface area (Å²) < 4.78 is 0. The molecule has 0 aromatic heterocycles. The largest absolute Gasteiger partial charge is 0.377 e. The van der Waals surface area contributed by atoms with Crippen LogP contribution in [0.1, 0.15) is 23.6 Å². The van der Waals surface area contributed by atoms with Crippen LogP contribution in [0.25, 0.3) is 10.8 Å². The van der Waals surface area contributed by atoms with Gasteiger partial charge in [0.15, 0.2) is 0 Å². The van der Waals surface area contributed by atoms with Crippen LogP contribution in [0.15, 0.2) is 102 Å². The van der Waals surface area contributed by atoms with E-state index in [2.05, 4.69) is 121 Å². The van der Waals surface area contributed by atoms with Crippen LogP contribution in [0.4, 0.5) is 11.4 Å². The van der Waals surface area contributed by atoms with Gasteiger partial charge in [0.05, 0.1) is 17.4 Å². The molecule has 0 spiro atoms. The second-order valence-corrected chi connectivity index (χ2v) is 7.93. The average Bonchev–Trinajstić information content (AvgIpc) is 3.24. The Bertz CT molecular complexity index is 1210. The van der Waals surface area contributed by atoms with E-state index in [4.69, 9.17) is 5.10 Å². The predicted octanol–water partition coefficient (Wildman–Crippen LogP) is 6.26. The maximum absolute atomic E-state index is 5.17. The molecule has 1 unspecified atom stereocenters. The lowest BCUT2D eigenvalue weighted by Gasteiger charge is -2.27. The van der Waals surface area contributed by atoms with Crippen LogP contribution in [0.5, 0.6) is 0 Å². The molecular weight excluding hydrogens is 366 g/mol. The van der Waals surface area contributed by atoms with Gasteiger partial charge in [0, 0.05) is 37.3 Å². The minimum absolute atomic E-state index is 0.153. The highest BCUT2D eigenvalue weighted by Gasteiger charge is 2.32. The molecule has 1 heterocycles. The van der Waals surface area contributed by atoms with Gasteiger partial charge in [0.1, 0.15) is 0 Å². The third-order valence-electron chi connectivity index (χ3n) is 5.81. The van der Waals surface area contributed by atoms with E-state index in [1.165, 1.54) is 27.6 Å². The van der Waals surface area contributed by atoms with Gasteiger partial charge in [-0.1, -0.05) is 78.9 Å². The van der Waals surface area contributed by atoms with Gasteiger partial charge in [-0.2, -0.15) is 5.10 Å². The number of hydrazone groups is 1. The van der Waals surface area contributed by atoms with Crippen LogP contribution in [-0.2, 0) is 0 Å². The fourth-order valence-electron chi connectivity index (χ4n) is 4.39.